The fourth-order valence-electron chi connectivity index (χ4n) is 3.73. The maximum absolute atomic E-state index is 13.3. The van der Waals surface area contributed by atoms with Crippen molar-refractivity contribution in [3.63, 3.8) is 0 Å². The molecule has 0 aromatic heterocycles. The van der Waals surface area contributed by atoms with E-state index in [1.165, 1.54) is 7.11 Å². The summed E-state index contributed by atoms with van der Waals surface area (Å²) in [7, 11) is 1.34. The lowest BCUT2D eigenvalue weighted by Gasteiger charge is -2.34. The molecule has 3 rings (SSSR count). The Hall–Kier alpha value is -3.55. The molecule has 1 amide bonds. The molecular formula is C24H30N4O4. The normalized spacial score (nSPS) is 15.1. The van der Waals surface area contributed by atoms with Crippen molar-refractivity contribution in [3.05, 3.63) is 59.7 Å². The predicted molar refractivity (Wildman–Crippen MR) is 123 cm³/mol. The Labute approximate surface area is 188 Å². The summed E-state index contributed by atoms with van der Waals surface area (Å²) in [5.41, 5.74) is 13.5. The molecule has 1 aliphatic rings. The molecule has 170 valence electrons. The highest BCUT2D eigenvalue weighted by Gasteiger charge is 2.34. The van der Waals surface area contributed by atoms with Crippen LogP contribution in [0.25, 0.3) is 0 Å². The molecule has 0 bridgehead atoms. The van der Waals surface area contributed by atoms with E-state index in [4.69, 9.17) is 20.9 Å². The third-order valence-electron chi connectivity index (χ3n) is 5.37. The van der Waals surface area contributed by atoms with E-state index in [9.17, 15) is 9.59 Å². The van der Waals surface area contributed by atoms with Crippen molar-refractivity contribution in [1.29, 1.82) is 0 Å². The van der Waals surface area contributed by atoms with Gasteiger partial charge in [-0.15, -0.1) is 0 Å². The Bertz CT molecular complexity index is 958. The van der Waals surface area contributed by atoms with Gasteiger partial charge in [-0.1, -0.05) is 36.4 Å². The van der Waals surface area contributed by atoms with Crippen LogP contribution in [0, 0.1) is 5.92 Å². The number of anilines is 1. The molecule has 2 aromatic rings. The number of unbranched alkanes of at least 4 members (excludes halogenated alkanes) is 1. The molecule has 2 aromatic carbocycles. The number of carbonyl (C=O) groups excluding carboxylic acids is 2. The average Bonchev–Trinajstić information content (AvgIpc) is 2.79. The number of amides is 1. The average molecular weight is 439 g/mol. The molecule has 1 aliphatic heterocycles. The molecular weight excluding hydrogens is 408 g/mol. The zero-order valence-corrected chi connectivity index (χ0v) is 18.3. The monoisotopic (exact) mass is 438 g/mol. The fraction of sp³-hybridized carbons (Fsp3) is 0.375. The molecule has 8 nitrogen and oxygen atoms in total. The molecule has 0 saturated heterocycles. The first-order chi connectivity index (χ1) is 15.5. The number of methoxy groups -OCH3 is 1. The van der Waals surface area contributed by atoms with E-state index in [2.05, 4.69) is 4.99 Å². The van der Waals surface area contributed by atoms with Gasteiger partial charge < -0.3 is 25.8 Å². The SMILES string of the molecule is COC(=O)CC1Cc2ccc(OCCCCN=C(N)N)cc2N(Cc2ccccc2)C1=O. The summed E-state index contributed by atoms with van der Waals surface area (Å²) in [4.78, 5) is 30.8. The third kappa shape index (κ3) is 6.23. The Kier molecular flexibility index (Phi) is 8.08. The van der Waals surface area contributed by atoms with E-state index in [1.807, 2.05) is 48.5 Å². The van der Waals surface area contributed by atoms with E-state index in [-0.39, 0.29) is 24.3 Å². The maximum Gasteiger partial charge on any atom is 0.306 e. The van der Waals surface area contributed by atoms with Crippen LogP contribution in [0.4, 0.5) is 5.69 Å². The highest BCUT2D eigenvalue weighted by molar-refractivity contribution is 5.99. The summed E-state index contributed by atoms with van der Waals surface area (Å²) in [5, 5.41) is 0. The van der Waals surface area contributed by atoms with Crippen LogP contribution in [-0.2, 0) is 27.3 Å². The van der Waals surface area contributed by atoms with Crippen LogP contribution >= 0.6 is 0 Å². The molecule has 0 aliphatic carbocycles. The van der Waals surface area contributed by atoms with Gasteiger partial charge in [0.25, 0.3) is 0 Å². The number of rotatable bonds is 10. The van der Waals surface area contributed by atoms with Crippen molar-refractivity contribution in [2.45, 2.75) is 32.2 Å². The number of aliphatic imine (C=N–C) groups is 1. The summed E-state index contributed by atoms with van der Waals surface area (Å²) in [6.45, 7) is 1.51. The van der Waals surface area contributed by atoms with Crippen LogP contribution in [-0.4, -0.2) is 38.1 Å². The van der Waals surface area contributed by atoms with Crippen molar-refractivity contribution in [2.24, 2.45) is 22.4 Å². The minimum atomic E-state index is -0.444. The lowest BCUT2D eigenvalue weighted by atomic mass is 9.89. The second-order valence-corrected chi connectivity index (χ2v) is 7.74. The Morgan fingerprint density at radius 1 is 1.16 bits per heavy atom. The molecule has 32 heavy (non-hydrogen) atoms. The quantitative estimate of drug-likeness (QED) is 0.254. The number of carbonyl (C=O) groups is 2. The number of guanidine groups is 1. The van der Waals surface area contributed by atoms with Gasteiger partial charge in [0.1, 0.15) is 5.75 Å². The predicted octanol–water partition coefficient (Wildman–Crippen LogP) is 2.39. The zero-order valence-electron chi connectivity index (χ0n) is 18.3. The molecule has 0 saturated carbocycles. The van der Waals surface area contributed by atoms with Crippen molar-refractivity contribution in [2.75, 3.05) is 25.2 Å². The summed E-state index contributed by atoms with van der Waals surface area (Å²) in [6, 6.07) is 15.6. The lowest BCUT2D eigenvalue weighted by molar-refractivity contribution is -0.143. The van der Waals surface area contributed by atoms with Crippen molar-refractivity contribution in [1.82, 2.24) is 0 Å². The number of nitrogens with zero attached hydrogens (tertiary/aromatic N) is 2. The van der Waals surface area contributed by atoms with Gasteiger partial charge in [-0.2, -0.15) is 0 Å². The second kappa shape index (κ2) is 11.2. The van der Waals surface area contributed by atoms with E-state index in [0.717, 1.165) is 29.7 Å². The number of hydrogen-bond donors (Lipinski definition) is 2. The number of esters is 1. The largest absolute Gasteiger partial charge is 0.494 e. The van der Waals surface area contributed by atoms with Gasteiger partial charge in [-0.25, -0.2) is 0 Å². The molecule has 1 heterocycles. The first-order valence-corrected chi connectivity index (χ1v) is 10.7. The molecule has 1 unspecified atom stereocenters. The lowest BCUT2D eigenvalue weighted by Crippen LogP contribution is -2.41. The first kappa shape index (κ1) is 23.1. The summed E-state index contributed by atoms with van der Waals surface area (Å²) < 4.78 is 10.7. The summed E-state index contributed by atoms with van der Waals surface area (Å²) in [5.74, 6) is -0.119. The molecule has 8 heteroatoms. The molecule has 4 N–H and O–H groups in total. The maximum atomic E-state index is 13.3. The second-order valence-electron chi connectivity index (χ2n) is 7.74. The third-order valence-corrected chi connectivity index (χ3v) is 5.37. The number of fused-ring (bicyclic) bond motifs is 1. The minimum absolute atomic E-state index is 0.0636. The first-order valence-electron chi connectivity index (χ1n) is 10.7. The van der Waals surface area contributed by atoms with Crippen molar-refractivity contribution < 1.29 is 19.1 Å². The molecule has 1 atom stereocenters. The number of nitrogens with two attached hydrogens (primary N) is 2. The van der Waals surface area contributed by atoms with Gasteiger partial charge in [0.05, 0.1) is 38.3 Å². The smallest absolute Gasteiger partial charge is 0.306 e. The number of hydrogen-bond acceptors (Lipinski definition) is 5. The van der Waals surface area contributed by atoms with Gasteiger partial charge in [-0.3, -0.25) is 14.6 Å². The summed E-state index contributed by atoms with van der Waals surface area (Å²) >= 11 is 0. The Morgan fingerprint density at radius 3 is 2.66 bits per heavy atom. The Morgan fingerprint density at radius 2 is 1.94 bits per heavy atom. The van der Waals surface area contributed by atoms with Crippen LogP contribution in [0.3, 0.4) is 0 Å². The van der Waals surface area contributed by atoms with Crippen molar-refractivity contribution >= 4 is 23.5 Å². The topological polar surface area (TPSA) is 120 Å². The molecule has 0 spiro atoms. The van der Waals surface area contributed by atoms with Gasteiger partial charge in [0, 0.05) is 12.6 Å². The number of ether oxygens (including phenoxy) is 2. The van der Waals surface area contributed by atoms with Crippen LogP contribution < -0.4 is 21.1 Å². The van der Waals surface area contributed by atoms with E-state index in [1.54, 1.807) is 4.90 Å². The van der Waals surface area contributed by atoms with Gasteiger partial charge >= 0.3 is 5.97 Å². The van der Waals surface area contributed by atoms with Gasteiger partial charge in [-0.05, 0) is 36.5 Å². The van der Waals surface area contributed by atoms with Gasteiger partial charge in [0.15, 0.2) is 5.96 Å². The summed E-state index contributed by atoms with van der Waals surface area (Å²) in [6.07, 6.45) is 2.18. The van der Waals surface area contributed by atoms with Crippen LogP contribution in [0.2, 0.25) is 0 Å². The fourth-order valence-corrected chi connectivity index (χ4v) is 3.73. The highest BCUT2D eigenvalue weighted by Crippen LogP contribution is 2.36. The standard InChI is InChI=1S/C24H30N4O4/c1-31-22(29)14-19-13-18-9-10-20(32-12-6-5-11-27-24(25)26)15-21(18)28(23(19)30)16-17-7-3-2-4-8-17/h2-4,7-10,15,19H,5-6,11-14,16H2,1H3,(H4,25,26,27). The van der Waals surface area contributed by atoms with Crippen molar-refractivity contribution in [3.8, 4) is 5.75 Å². The molecule has 0 fully saturated rings. The Balaban J connectivity index is 1.75. The van der Waals surface area contributed by atoms with E-state index >= 15 is 0 Å². The highest BCUT2D eigenvalue weighted by atomic mass is 16.5. The van der Waals surface area contributed by atoms with E-state index in [0.29, 0.717) is 31.9 Å². The van der Waals surface area contributed by atoms with Gasteiger partial charge in [0.2, 0.25) is 5.91 Å². The van der Waals surface area contributed by atoms with E-state index < -0.39 is 5.92 Å². The minimum Gasteiger partial charge on any atom is -0.494 e. The molecule has 0 radical (unpaired) electrons. The zero-order chi connectivity index (χ0) is 22.9. The van der Waals surface area contributed by atoms with Crippen LogP contribution in [0.15, 0.2) is 53.5 Å². The van der Waals surface area contributed by atoms with Crippen LogP contribution in [0.5, 0.6) is 5.75 Å². The van der Waals surface area contributed by atoms with Crippen LogP contribution in [0.1, 0.15) is 30.4 Å². The number of benzene rings is 2.